The van der Waals surface area contributed by atoms with Crippen molar-refractivity contribution in [3.8, 4) is 0 Å². The second kappa shape index (κ2) is 13.5. The molecule has 0 N–H and O–H groups in total. The molecule has 32 heavy (non-hydrogen) atoms. The third-order valence-corrected chi connectivity index (χ3v) is 7.08. The van der Waals surface area contributed by atoms with Crippen LogP contribution in [0.4, 0.5) is 0 Å². The Hall–Kier alpha value is -1.23. The molecule has 0 radical (unpaired) electrons. The molecule has 0 fully saturated rings. The monoisotopic (exact) mass is 452 g/mol. The Balaban J connectivity index is 5.90. The molecule has 0 rings (SSSR count). The maximum Gasteiger partial charge on any atom is 0.226 e. The van der Waals surface area contributed by atoms with Crippen molar-refractivity contribution in [1.29, 1.82) is 0 Å². The average molecular weight is 453 g/mol. The minimum atomic E-state index is -0.442. The summed E-state index contributed by atoms with van der Waals surface area (Å²) in [5, 5.41) is 0. The number of Topliss-reactive ketones (excluding diaryl/α,β-unsaturated/α-hetero) is 2. The van der Waals surface area contributed by atoms with E-state index in [1.54, 1.807) is 11.9 Å². The van der Waals surface area contributed by atoms with Gasteiger partial charge in [0, 0.05) is 31.3 Å². The number of hydrogen-bond donors (Lipinski definition) is 0. The van der Waals surface area contributed by atoms with Crippen LogP contribution in [-0.4, -0.2) is 59.5 Å². The predicted molar refractivity (Wildman–Crippen MR) is 134 cm³/mol. The first-order valence-electron chi connectivity index (χ1n) is 12.6. The van der Waals surface area contributed by atoms with Gasteiger partial charge in [-0.3, -0.25) is 19.3 Å². The highest BCUT2D eigenvalue weighted by Gasteiger charge is 2.38. The summed E-state index contributed by atoms with van der Waals surface area (Å²) < 4.78 is 0. The Kier molecular flexibility index (Phi) is 13.0. The molecule has 0 aromatic rings. The zero-order valence-electron chi connectivity index (χ0n) is 23.2. The molecule has 0 aliphatic heterocycles. The molecule has 4 atom stereocenters. The quantitative estimate of drug-likeness (QED) is 0.358. The van der Waals surface area contributed by atoms with Gasteiger partial charge in [0.15, 0.2) is 11.6 Å². The number of hydrogen-bond acceptors (Lipinski definition) is 4. The second-order valence-electron chi connectivity index (χ2n) is 11.5. The maximum absolute atomic E-state index is 13.6. The molecule has 1 amide bonds. The summed E-state index contributed by atoms with van der Waals surface area (Å²) in [6.07, 6.45) is 0.852. The molecule has 5 heteroatoms. The van der Waals surface area contributed by atoms with Gasteiger partial charge in [0.25, 0.3) is 0 Å². The van der Waals surface area contributed by atoms with Gasteiger partial charge in [-0.1, -0.05) is 62.3 Å². The summed E-state index contributed by atoms with van der Waals surface area (Å²) in [7, 11) is 3.74. The Morgan fingerprint density at radius 3 is 1.59 bits per heavy atom. The standard InChI is InChI=1S/C27H52N2O3/c1-16(2)14-23(26(31)19(7)8)29(13)27(32)22(18(5)6)15-24(30)25(21(11)17(3)4)28(12)20(9)10/h16-23,25H,14-15H2,1-13H3/t21-,22-,23-,25-/m0/s1. The van der Waals surface area contributed by atoms with Crippen LogP contribution in [0.3, 0.4) is 0 Å². The summed E-state index contributed by atoms with van der Waals surface area (Å²) >= 11 is 0. The molecule has 0 heterocycles. The van der Waals surface area contributed by atoms with Crippen molar-refractivity contribution in [2.24, 2.45) is 35.5 Å². The Morgan fingerprint density at radius 2 is 1.25 bits per heavy atom. The highest BCUT2D eigenvalue weighted by atomic mass is 16.2. The summed E-state index contributed by atoms with van der Waals surface area (Å²) in [5.41, 5.74) is 0. The fourth-order valence-electron chi connectivity index (χ4n) is 4.23. The topological polar surface area (TPSA) is 57.7 Å². The minimum Gasteiger partial charge on any atom is -0.335 e. The van der Waals surface area contributed by atoms with Crippen LogP contribution in [0.2, 0.25) is 0 Å². The third-order valence-electron chi connectivity index (χ3n) is 7.08. The largest absolute Gasteiger partial charge is 0.335 e. The van der Waals surface area contributed by atoms with E-state index in [1.807, 2.05) is 34.7 Å². The van der Waals surface area contributed by atoms with Gasteiger partial charge in [-0.05, 0) is 51.0 Å². The molecule has 0 aliphatic rings. The van der Waals surface area contributed by atoms with E-state index in [9.17, 15) is 14.4 Å². The van der Waals surface area contributed by atoms with Gasteiger partial charge >= 0.3 is 0 Å². The predicted octanol–water partition coefficient (Wildman–Crippen LogP) is 5.32. The fourth-order valence-corrected chi connectivity index (χ4v) is 4.23. The van der Waals surface area contributed by atoms with Crippen LogP contribution in [0.1, 0.15) is 89.0 Å². The van der Waals surface area contributed by atoms with Crippen LogP contribution >= 0.6 is 0 Å². The van der Waals surface area contributed by atoms with E-state index in [-0.39, 0.29) is 53.7 Å². The summed E-state index contributed by atoms with van der Waals surface area (Å²) in [4.78, 5) is 43.9. The molecule has 188 valence electrons. The van der Waals surface area contributed by atoms with Gasteiger partial charge in [0.05, 0.1) is 12.1 Å². The first-order valence-corrected chi connectivity index (χ1v) is 12.6. The van der Waals surface area contributed by atoms with Gasteiger partial charge in [-0.2, -0.15) is 0 Å². The molecular weight excluding hydrogens is 400 g/mol. The van der Waals surface area contributed by atoms with Crippen LogP contribution in [-0.2, 0) is 14.4 Å². The molecule has 5 nitrogen and oxygen atoms in total. The van der Waals surface area contributed by atoms with Gasteiger partial charge < -0.3 is 4.90 Å². The van der Waals surface area contributed by atoms with Crippen LogP contribution in [0.15, 0.2) is 0 Å². The van der Waals surface area contributed by atoms with E-state index < -0.39 is 12.0 Å². The number of amides is 1. The number of ketones is 2. The summed E-state index contributed by atoms with van der Waals surface area (Å²) in [6.45, 7) is 22.5. The van der Waals surface area contributed by atoms with Crippen molar-refractivity contribution in [2.45, 2.75) is 107 Å². The number of nitrogens with zero attached hydrogens (tertiary/aromatic N) is 2. The van der Waals surface area contributed by atoms with E-state index in [1.165, 1.54) is 0 Å². The van der Waals surface area contributed by atoms with E-state index >= 15 is 0 Å². The molecular formula is C27H52N2O3. The van der Waals surface area contributed by atoms with Crippen LogP contribution < -0.4 is 0 Å². The van der Waals surface area contributed by atoms with Crippen molar-refractivity contribution in [2.75, 3.05) is 14.1 Å². The van der Waals surface area contributed by atoms with E-state index in [0.717, 1.165) is 0 Å². The van der Waals surface area contributed by atoms with Gasteiger partial charge in [-0.15, -0.1) is 0 Å². The number of likely N-dealkylation sites (N-methyl/N-ethyl adjacent to an activating group) is 2. The van der Waals surface area contributed by atoms with Crippen molar-refractivity contribution in [3.63, 3.8) is 0 Å². The van der Waals surface area contributed by atoms with E-state index in [0.29, 0.717) is 18.3 Å². The van der Waals surface area contributed by atoms with E-state index in [4.69, 9.17) is 0 Å². The summed E-state index contributed by atoms with van der Waals surface area (Å²) in [5.74, 6) is 0.430. The molecule has 0 bridgehead atoms. The number of carbonyl (C=O) groups is 3. The Morgan fingerprint density at radius 1 is 0.750 bits per heavy atom. The van der Waals surface area contributed by atoms with Crippen LogP contribution in [0, 0.1) is 35.5 Å². The van der Waals surface area contributed by atoms with Gasteiger partial charge in [-0.25, -0.2) is 0 Å². The SMILES string of the molecule is CC(C)C[C@@H](C(=O)C(C)C)N(C)C(=O)[C@@H](CC(=O)[C@H]([C@@H](C)C(C)C)N(C)C(C)C)C(C)C. The first-order chi connectivity index (χ1) is 14.5. The number of rotatable bonds is 14. The smallest absolute Gasteiger partial charge is 0.226 e. The normalized spacial score (nSPS) is 16.2. The van der Waals surface area contributed by atoms with Gasteiger partial charge in [0.2, 0.25) is 5.91 Å². The maximum atomic E-state index is 13.6. The van der Waals surface area contributed by atoms with Crippen LogP contribution in [0.5, 0.6) is 0 Å². The molecule has 0 saturated carbocycles. The zero-order chi connectivity index (χ0) is 25.5. The first kappa shape index (κ1) is 30.8. The molecule has 0 saturated heterocycles. The lowest BCUT2D eigenvalue weighted by atomic mass is 9.80. The molecule has 0 aromatic heterocycles. The lowest BCUT2D eigenvalue weighted by molar-refractivity contribution is -0.146. The second-order valence-corrected chi connectivity index (χ2v) is 11.5. The lowest BCUT2D eigenvalue weighted by Crippen LogP contribution is -2.51. The summed E-state index contributed by atoms with van der Waals surface area (Å²) in [6, 6.07) is -0.430. The van der Waals surface area contributed by atoms with Crippen LogP contribution in [0.25, 0.3) is 0 Å². The fraction of sp³-hybridized carbons (Fsp3) is 0.889. The van der Waals surface area contributed by atoms with E-state index in [2.05, 4.69) is 53.4 Å². The lowest BCUT2D eigenvalue weighted by Gasteiger charge is -2.38. The Labute approximate surface area is 198 Å². The van der Waals surface area contributed by atoms with Crippen molar-refractivity contribution < 1.29 is 14.4 Å². The highest BCUT2D eigenvalue weighted by molar-refractivity contribution is 5.93. The Bertz CT molecular complexity index is 596. The molecule has 0 aliphatic carbocycles. The molecule has 0 unspecified atom stereocenters. The highest BCUT2D eigenvalue weighted by Crippen LogP contribution is 2.28. The van der Waals surface area contributed by atoms with Gasteiger partial charge in [0.1, 0.15) is 0 Å². The zero-order valence-corrected chi connectivity index (χ0v) is 23.2. The van der Waals surface area contributed by atoms with Crippen molar-refractivity contribution in [3.05, 3.63) is 0 Å². The molecule has 0 spiro atoms. The molecule has 0 aromatic carbocycles. The average Bonchev–Trinajstić information content (AvgIpc) is 2.67. The van der Waals surface area contributed by atoms with Crippen molar-refractivity contribution >= 4 is 17.5 Å². The van der Waals surface area contributed by atoms with Crippen molar-refractivity contribution in [1.82, 2.24) is 9.80 Å². The minimum absolute atomic E-state index is 0.0158. The number of carbonyl (C=O) groups excluding carboxylic acids is 3. The third kappa shape index (κ3) is 8.61.